The van der Waals surface area contributed by atoms with Crippen LogP contribution in [0.15, 0.2) is 24.3 Å². The molecule has 1 N–H and O–H groups in total. The van der Waals surface area contributed by atoms with Gasteiger partial charge in [-0.15, -0.1) is 0 Å². The van der Waals surface area contributed by atoms with Crippen molar-refractivity contribution < 1.29 is 0 Å². The highest BCUT2D eigenvalue weighted by Gasteiger charge is 2.22. The SMILES string of the molecule is CC1CN(c2ccc(N3CCCCC3)cc2)C(C)CN1. The van der Waals surface area contributed by atoms with E-state index in [1.54, 1.807) is 0 Å². The summed E-state index contributed by atoms with van der Waals surface area (Å²) in [4.78, 5) is 5.05. The third kappa shape index (κ3) is 2.93. The zero-order chi connectivity index (χ0) is 13.9. The van der Waals surface area contributed by atoms with Crippen LogP contribution in [0.3, 0.4) is 0 Å². The summed E-state index contributed by atoms with van der Waals surface area (Å²) in [5.74, 6) is 0. The Morgan fingerprint density at radius 2 is 1.60 bits per heavy atom. The smallest absolute Gasteiger partial charge is 0.0387 e. The lowest BCUT2D eigenvalue weighted by molar-refractivity contribution is 0.425. The van der Waals surface area contributed by atoms with Crippen LogP contribution in [0, 0.1) is 0 Å². The van der Waals surface area contributed by atoms with Gasteiger partial charge in [-0.05, 0) is 57.4 Å². The number of hydrogen-bond donors (Lipinski definition) is 1. The topological polar surface area (TPSA) is 18.5 Å². The Labute approximate surface area is 123 Å². The molecular formula is C17H27N3. The Morgan fingerprint density at radius 3 is 2.30 bits per heavy atom. The molecule has 3 nitrogen and oxygen atoms in total. The fraction of sp³-hybridized carbons (Fsp3) is 0.647. The van der Waals surface area contributed by atoms with E-state index >= 15 is 0 Å². The molecule has 0 amide bonds. The number of rotatable bonds is 2. The normalized spacial score (nSPS) is 27.7. The molecule has 2 fully saturated rings. The molecule has 0 aromatic heterocycles. The van der Waals surface area contributed by atoms with Gasteiger partial charge in [0, 0.05) is 49.6 Å². The lowest BCUT2D eigenvalue weighted by Crippen LogP contribution is -2.54. The average molecular weight is 273 g/mol. The second kappa shape index (κ2) is 6.04. The van der Waals surface area contributed by atoms with Gasteiger partial charge in [-0.1, -0.05) is 0 Å². The van der Waals surface area contributed by atoms with E-state index in [9.17, 15) is 0 Å². The second-order valence-electron chi connectivity index (χ2n) is 6.37. The number of piperazine rings is 1. The van der Waals surface area contributed by atoms with E-state index < -0.39 is 0 Å². The number of benzene rings is 1. The van der Waals surface area contributed by atoms with Crippen LogP contribution in [-0.2, 0) is 0 Å². The van der Waals surface area contributed by atoms with Gasteiger partial charge in [-0.3, -0.25) is 0 Å². The average Bonchev–Trinajstić information content (AvgIpc) is 2.51. The van der Waals surface area contributed by atoms with E-state index in [2.05, 4.69) is 53.2 Å². The summed E-state index contributed by atoms with van der Waals surface area (Å²) in [6.07, 6.45) is 4.08. The Balaban J connectivity index is 1.71. The molecule has 3 rings (SSSR count). The van der Waals surface area contributed by atoms with Gasteiger partial charge in [0.2, 0.25) is 0 Å². The Kier molecular flexibility index (Phi) is 4.16. The molecule has 0 aliphatic carbocycles. The van der Waals surface area contributed by atoms with Crippen LogP contribution in [0.4, 0.5) is 11.4 Å². The van der Waals surface area contributed by atoms with Crippen molar-refractivity contribution >= 4 is 11.4 Å². The summed E-state index contributed by atoms with van der Waals surface area (Å²) in [5, 5.41) is 3.54. The zero-order valence-electron chi connectivity index (χ0n) is 12.8. The van der Waals surface area contributed by atoms with Gasteiger partial charge in [0.1, 0.15) is 0 Å². The standard InChI is InChI=1S/C17H27N3/c1-14-13-20(15(2)12-18-14)17-8-6-16(7-9-17)19-10-4-3-5-11-19/h6-9,14-15,18H,3-5,10-13H2,1-2H3. The van der Waals surface area contributed by atoms with Crippen LogP contribution in [0.2, 0.25) is 0 Å². The first-order chi connectivity index (χ1) is 9.74. The third-order valence-electron chi connectivity index (χ3n) is 4.67. The Hall–Kier alpha value is -1.22. The maximum Gasteiger partial charge on any atom is 0.0387 e. The second-order valence-corrected chi connectivity index (χ2v) is 6.37. The van der Waals surface area contributed by atoms with Crippen LogP contribution in [0.25, 0.3) is 0 Å². The van der Waals surface area contributed by atoms with Gasteiger partial charge >= 0.3 is 0 Å². The summed E-state index contributed by atoms with van der Waals surface area (Å²) >= 11 is 0. The van der Waals surface area contributed by atoms with Gasteiger partial charge in [0.25, 0.3) is 0 Å². The minimum absolute atomic E-state index is 0.576. The van der Waals surface area contributed by atoms with Crippen LogP contribution in [-0.4, -0.2) is 38.3 Å². The van der Waals surface area contributed by atoms with E-state index in [-0.39, 0.29) is 0 Å². The molecule has 20 heavy (non-hydrogen) atoms. The molecule has 0 radical (unpaired) electrons. The predicted octanol–water partition coefficient (Wildman–Crippen LogP) is 2.86. The molecule has 2 heterocycles. The van der Waals surface area contributed by atoms with Crippen LogP contribution in [0.5, 0.6) is 0 Å². The predicted molar refractivity (Wildman–Crippen MR) is 86.8 cm³/mol. The number of hydrogen-bond acceptors (Lipinski definition) is 3. The molecule has 2 aliphatic heterocycles. The lowest BCUT2D eigenvalue weighted by atomic mass is 10.1. The van der Waals surface area contributed by atoms with Crippen molar-refractivity contribution in [2.45, 2.75) is 45.2 Å². The highest BCUT2D eigenvalue weighted by atomic mass is 15.2. The van der Waals surface area contributed by atoms with E-state index in [1.165, 1.54) is 43.7 Å². The summed E-state index contributed by atoms with van der Waals surface area (Å²) in [7, 11) is 0. The Morgan fingerprint density at radius 1 is 0.950 bits per heavy atom. The molecule has 2 atom stereocenters. The quantitative estimate of drug-likeness (QED) is 0.894. The van der Waals surface area contributed by atoms with Crippen molar-refractivity contribution in [1.82, 2.24) is 5.32 Å². The summed E-state index contributed by atoms with van der Waals surface area (Å²) in [6, 6.07) is 10.4. The van der Waals surface area contributed by atoms with Gasteiger partial charge < -0.3 is 15.1 Å². The van der Waals surface area contributed by atoms with Crippen molar-refractivity contribution in [3.8, 4) is 0 Å². The van der Waals surface area contributed by atoms with E-state index in [0.717, 1.165) is 13.1 Å². The number of piperidine rings is 1. The molecule has 0 saturated carbocycles. The van der Waals surface area contributed by atoms with Crippen LogP contribution in [0.1, 0.15) is 33.1 Å². The molecule has 0 bridgehead atoms. The molecule has 3 heteroatoms. The van der Waals surface area contributed by atoms with Gasteiger partial charge in [0.05, 0.1) is 0 Å². The third-order valence-corrected chi connectivity index (χ3v) is 4.67. The van der Waals surface area contributed by atoms with Gasteiger partial charge in [-0.2, -0.15) is 0 Å². The molecule has 0 spiro atoms. The minimum atomic E-state index is 0.576. The molecular weight excluding hydrogens is 246 g/mol. The highest BCUT2D eigenvalue weighted by Crippen LogP contribution is 2.25. The fourth-order valence-electron chi connectivity index (χ4n) is 3.39. The number of nitrogens with zero attached hydrogens (tertiary/aromatic N) is 2. The first-order valence-electron chi connectivity index (χ1n) is 8.09. The van der Waals surface area contributed by atoms with Gasteiger partial charge in [0.15, 0.2) is 0 Å². The van der Waals surface area contributed by atoms with E-state index in [0.29, 0.717) is 12.1 Å². The van der Waals surface area contributed by atoms with Crippen LogP contribution < -0.4 is 15.1 Å². The molecule has 1 aromatic rings. The number of anilines is 2. The van der Waals surface area contributed by atoms with E-state index in [1.807, 2.05) is 0 Å². The monoisotopic (exact) mass is 273 g/mol. The van der Waals surface area contributed by atoms with Crippen LogP contribution >= 0.6 is 0 Å². The van der Waals surface area contributed by atoms with Crippen molar-refractivity contribution in [1.29, 1.82) is 0 Å². The highest BCUT2D eigenvalue weighted by molar-refractivity contribution is 5.57. The molecule has 1 aromatic carbocycles. The molecule has 2 aliphatic rings. The first kappa shape index (κ1) is 13.7. The van der Waals surface area contributed by atoms with Gasteiger partial charge in [-0.25, -0.2) is 0 Å². The fourth-order valence-corrected chi connectivity index (χ4v) is 3.39. The first-order valence-corrected chi connectivity index (χ1v) is 8.09. The largest absolute Gasteiger partial charge is 0.372 e. The molecule has 110 valence electrons. The summed E-state index contributed by atoms with van der Waals surface area (Å²) in [5.41, 5.74) is 2.76. The summed E-state index contributed by atoms with van der Waals surface area (Å²) < 4.78 is 0. The van der Waals surface area contributed by atoms with Crippen molar-refractivity contribution in [2.75, 3.05) is 36.0 Å². The number of nitrogens with one attached hydrogen (secondary N) is 1. The zero-order valence-corrected chi connectivity index (χ0v) is 12.8. The Bertz CT molecular complexity index is 422. The molecule has 2 saturated heterocycles. The molecule has 2 unspecified atom stereocenters. The maximum atomic E-state index is 3.54. The van der Waals surface area contributed by atoms with Crippen molar-refractivity contribution in [3.63, 3.8) is 0 Å². The van der Waals surface area contributed by atoms with E-state index in [4.69, 9.17) is 0 Å². The van der Waals surface area contributed by atoms with Crippen molar-refractivity contribution in [3.05, 3.63) is 24.3 Å². The lowest BCUT2D eigenvalue weighted by Gasteiger charge is -2.39. The summed E-state index contributed by atoms with van der Waals surface area (Å²) in [6.45, 7) is 9.19. The minimum Gasteiger partial charge on any atom is -0.372 e. The maximum absolute atomic E-state index is 3.54. The van der Waals surface area contributed by atoms with Crippen molar-refractivity contribution in [2.24, 2.45) is 0 Å².